The van der Waals surface area contributed by atoms with Crippen LogP contribution in [0.2, 0.25) is 5.02 Å². The molecule has 0 aliphatic carbocycles. The van der Waals surface area contributed by atoms with E-state index in [1.54, 1.807) is 19.4 Å². The SMILES string of the molecule is COc1cc(Cl)c2ncc(Br)cc2c1. The first-order valence-electron chi connectivity index (χ1n) is 3.99. The van der Waals surface area contributed by atoms with E-state index in [0.29, 0.717) is 5.02 Å². The van der Waals surface area contributed by atoms with Crippen molar-refractivity contribution in [3.8, 4) is 5.75 Å². The third-order valence-corrected chi connectivity index (χ3v) is 2.63. The number of aromatic nitrogens is 1. The maximum Gasteiger partial charge on any atom is 0.121 e. The van der Waals surface area contributed by atoms with Crippen molar-refractivity contribution >= 4 is 38.4 Å². The van der Waals surface area contributed by atoms with Gasteiger partial charge in [0.25, 0.3) is 0 Å². The van der Waals surface area contributed by atoms with Crippen molar-refractivity contribution in [2.75, 3.05) is 7.11 Å². The molecule has 0 atom stereocenters. The molecule has 1 heterocycles. The summed E-state index contributed by atoms with van der Waals surface area (Å²) in [5, 5.41) is 1.57. The molecule has 0 saturated heterocycles. The molecule has 0 spiro atoms. The molecule has 0 N–H and O–H groups in total. The highest BCUT2D eigenvalue weighted by atomic mass is 79.9. The quantitative estimate of drug-likeness (QED) is 0.790. The zero-order valence-corrected chi connectivity index (χ0v) is 9.76. The summed E-state index contributed by atoms with van der Waals surface area (Å²) in [6.45, 7) is 0. The Balaban J connectivity index is 2.77. The lowest BCUT2D eigenvalue weighted by Gasteiger charge is -2.04. The molecule has 0 aliphatic rings. The second-order valence-corrected chi connectivity index (χ2v) is 4.16. The molecule has 0 radical (unpaired) electrons. The van der Waals surface area contributed by atoms with E-state index in [0.717, 1.165) is 21.1 Å². The zero-order valence-electron chi connectivity index (χ0n) is 7.42. The predicted octanol–water partition coefficient (Wildman–Crippen LogP) is 3.66. The molecule has 72 valence electrons. The number of halogens is 2. The molecule has 1 aromatic carbocycles. The van der Waals surface area contributed by atoms with E-state index in [2.05, 4.69) is 20.9 Å². The Morgan fingerprint density at radius 1 is 1.36 bits per heavy atom. The van der Waals surface area contributed by atoms with E-state index in [9.17, 15) is 0 Å². The standard InChI is InChI=1S/C10H7BrClNO/c1-14-8-3-6-2-7(11)5-13-10(6)9(12)4-8/h2-5H,1H3. The van der Waals surface area contributed by atoms with Gasteiger partial charge in [0, 0.05) is 22.1 Å². The van der Waals surface area contributed by atoms with Gasteiger partial charge in [-0.2, -0.15) is 0 Å². The Morgan fingerprint density at radius 3 is 2.86 bits per heavy atom. The van der Waals surface area contributed by atoms with Crippen LogP contribution in [0.5, 0.6) is 5.75 Å². The summed E-state index contributed by atoms with van der Waals surface area (Å²) in [6.07, 6.45) is 1.72. The lowest BCUT2D eigenvalue weighted by molar-refractivity contribution is 0.415. The first-order valence-corrected chi connectivity index (χ1v) is 5.16. The monoisotopic (exact) mass is 271 g/mol. The van der Waals surface area contributed by atoms with Gasteiger partial charge in [-0.1, -0.05) is 11.6 Å². The highest BCUT2D eigenvalue weighted by molar-refractivity contribution is 9.10. The minimum atomic E-state index is 0.604. The second-order valence-electron chi connectivity index (χ2n) is 2.83. The molecule has 14 heavy (non-hydrogen) atoms. The van der Waals surface area contributed by atoms with E-state index in [-0.39, 0.29) is 0 Å². The fraction of sp³-hybridized carbons (Fsp3) is 0.100. The molecule has 1 aromatic heterocycles. The van der Waals surface area contributed by atoms with Gasteiger partial charge in [-0.3, -0.25) is 4.98 Å². The maximum atomic E-state index is 6.04. The average molecular weight is 273 g/mol. The Labute approximate surface area is 95.0 Å². The normalized spacial score (nSPS) is 10.5. The van der Waals surface area contributed by atoms with Crippen LogP contribution in [0.1, 0.15) is 0 Å². The van der Waals surface area contributed by atoms with E-state index >= 15 is 0 Å². The van der Waals surface area contributed by atoms with Crippen molar-refractivity contribution < 1.29 is 4.74 Å². The van der Waals surface area contributed by atoms with Crippen molar-refractivity contribution in [1.82, 2.24) is 4.98 Å². The summed E-state index contributed by atoms with van der Waals surface area (Å²) in [4.78, 5) is 4.22. The van der Waals surface area contributed by atoms with Gasteiger partial charge in [0.15, 0.2) is 0 Å². The fourth-order valence-electron chi connectivity index (χ4n) is 1.27. The first kappa shape index (κ1) is 9.74. The van der Waals surface area contributed by atoms with E-state index in [1.165, 1.54) is 0 Å². The molecular formula is C10H7BrClNO. The van der Waals surface area contributed by atoms with Crippen LogP contribution in [0.15, 0.2) is 28.9 Å². The highest BCUT2D eigenvalue weighted by Gasteiger charge is 2.04. The Kier molecular flexibility index (Phi) is 2.61. The van der Waals surface area contributed by atoms with Gasteiger partial charge >= 0.3 is 0 Å². The Hall–Kier alpha value is -0.800. The summed E-state index contributed by atoms with van der Waals surface area (Å²) in [6, 6.07) is 5.61. The van der Waals surface area contributed by atoms with E-state index < -0.39 is 0 Å². The molecule has 2 rings (SSSR count). The summed E-state index contributed by atoms with van der Waals surface area (Å²) >= 11 is 9.39. The number of fused-ring (bicyclic) bond motifs is 1. The van der Waals surface area contributed by atoms with Gasteiger partial charge in [0.2, 0.25) is 0 Å². The minimum Gasteiger partial charge on any atom is -0.497 e. The minimum absolute atomic E-state index is 0.604. The van der Waals surface area contributed by atoms with Crippen LogP contribution in [0.4, 0.5) is 0 Å². The summed E-state index contributed by atoms with van der Waals surface area (Å²) in [5.74, 6) is 0.738. The van der Waals surface area contributed by atoms with Crippen LogP contribution in [0.25, 0.3) is 10.9 Å². The number of nitrogens with zero attached hydrogens (tertiary/aromatic N) is 1. The number of ether oxygens (including phenoxy) is 1. The highest BCUT2D eigenvalue weighted by Crippen LogP contribution is 2.28. The summed E-state index contributed by atoms with van der Waals surface area (Å²) in [7, 11) is 1.61. The number of hydrogen-bond acceptors (Lipinski definition) is 2. The molecule has 2 aromatic rings. The van der Waals surface area contributed by atoms with Crippen molar-refractivity contribution in [3.63, 3.8) is 0 Å². The molecule has 0 amide bonds. The molecule has 2 nitrogen and oxygen atoms in total. The van der Waals surface area contributed by atoms with Gasteiger partial charge in [0.1, 0.15) is 5.75 Å². The number of pyridine rings is 1. The Bertz CT molecular complexity index is 487. The van der Waals surface area contributed by atoms with Gasteiger partial charge < -0.3 is 4.74 Å². The van der Waals surface area contributed by atoms with Crippen molar-refractivity contribution in [2.45, 2.75) is 0 Å². The Morgan fingerprint density at radius 2 is 2.14 bits per heavy atom. The maximum absolute atomic E-state index is 6.04. The zero-order chi connectivity index (χ0) is 10.1. The number of rotatable bonds is 1. The predicted molar refractivity (Wildman–Crippen MR) is 61.0 cm³/mol. The lowest BCUT2D eigenvalue weighted by atomic mass is 10.2. The number of benzene rings is 1. The summed E-state index contributed by atoms with van der Waals surface area (Å²) < 4.78 is 6.04. The topological polar surface area (TPSA) is 22.1 Å². The third kappa shape index (κ3) is 1.70. The smallest absolute Gasteiger partial charge is 0.121 e. The molecular weight excluding hydrogens is 265 g/mol. The molecule has 0 saturated carbocycles. The molecule has 0 fully saturated rings. The lowest BCUT2D eigenvalue weighted by Crippen LogP contribution is -1.85. The van der Waals surface area contributed by atoms with Crippen LogP contribution in [0, 0.1) is 0 Å². The van der Waals surface area contributed by atoms with Crippen LogP contribution in [0.3, 0.4) is 0 Å². The third-order valence-electron chi connectivity index (χ3n) is 1.91. The first-order chi connectivity index (χ1) is 6.70. The van der Waals surface area contributed by atoms with Crippen LogP contribution < -0.4 is 4.74 Å². The van der Waals surface area contributed by atoms with Gasteiger partial charge in [-0.25, -0.2) is 0 Å². The van der Waals surface area contributed by atoms with Crippen LogP contribution in [-0.4, -0.2) is 12.1 Å². The van der Waals surface area contributed by atoms with Crippen molar-refractivity contribution in [3.05, 3.63) is 33.9 Å². The van der Waals surface area contributed by atoms with Gasteiger partial charge in [-0.05, 0) is 28.1 Å². The van der Waals surface area contributed by atoms with Crippen molar-refractivity contribution in [2.24, 2.45) is 0 Å². The average Bonchev–Trinajstić information content (AvgIpc) is 2.16. The largest absolute Gasteiger partial charge is 0.497 e. The molecule has 0 unspecified atom stereocenters. The second kappa shape index (κ2) is 3.75. The van der Waals surface area contributed by atoms with E-state index in [1.807, 2.05) is 12.1 Å². The van der Waals surface area contributed by atoms with Gasteiger partial charge in [0.05, 0.1) is 17.6 Å². The van der Waals surface area contributed by atoms with Crippen LogP contribution in [-0.2, 0) is 0 Å². The fourth-order valence-corrected chi connectivity index (χ4v) is 1.88. The molecule has 0 bridgehead atoms. The summed E-state index contributed by atoms with van der Waals surface area (Å²) in [5.41, 5.74) is 0.788. The van der Waals surface area contributed by atoms with Crippen LogP contribution >= 0.6 is 27.5 Å². The van der Waals surface area contributed by atoms with Crippen molar-refractivity contribution in [1.29, 1.82) is 0 Å². The number of methoxy groups -OCH3 is 1. The molecule has 0 aliphatic heterocycles. The number of hydrogen-bond donors (Lipinski definition) is 0. The van der Waals surface area contributed by atoms with E-state index in [4.69, 9.17) is 16.3 Å². The molecule has 4 heteroatoms. The van der Waals surface area contributed by atoms with Gasteiger partial charge in [-0.15, -0.1) is 0 Å².